The van der Waals surface area contributed by atoms with E-state index >= 15 is 0 Å². The fourth-order valence-electron chi connectivity index (χ4n) is 3.68. The van der Waals surface area contributed by atoms with Crippen LogP contribution in [-0.2, 0) is 7.05 Å². The van der Waals surface area contributed by atoms with Gasteiger partial charge in [0, 0.05) is 26.7 Å². The van der Waals surface area contributed by atoms with Crippen LogP contribution in [0.2, 0.25) is 0 Å². The summed E-state index contributed by atoms with van der Waals surface area (Å²) in [4.78, 5) is 22.3. The van der Waals surface area contributed by atoms with Crippen LogP contribution in [0, 0.1) is 5.82 Å². The molecule has 25 heavy (non-hydrogen) atoms. The van der Waals surface area contributed by atoms with Gasteiger partial charge in [-0.15, -0.1) is 0 Å². The van der Waals surface area contributed by atoms with Crippen LogP contribution in [0.4, 0.5) is 4.39 Å². The predicted octanol–water partition coefficient (Wildman–Crippen LogP) is 2.55. The molecule has 2 heterocycles. The molecule has 2 aromatic rings. The van der Waals surface area contributed by atoms with Crippen molar-refractivity contribution in [3.05, 3.63) is 40.2 Å². The van der Waals surface area contributed by atoms with E-state index in [1.165, 1.54) is 12.1 Å². The Morgan fingerprint density at radius 3 is 2.76 bits per heavy atom. The Morgan fingerprint density at radius 1 is 1.20 bits per heavy atom. The average molecular weight is 346 g/mol. The van der Waals surface area contributed by atoms with Gasteiger partial charge in [-0.1, -0.05) is 13.3 Å². The van der Waals surface area contributed by atoms with Gasteiger partial charge < -0.3 is 4.90 Å². The maximum atomic E-state index is 13.5. The fraction of sp³-hybridized carbons (Fsp3) is 0.579. The van der Waals surface area contributed by atoms with Gasteiger partial charge in [0.05, 0.1) is 16.9 Å². The highest BCUT2D eigenvalue weighted by molar-refractivity contribution is 5.77. The molecule has 136 valence electrons. The number of rotatable bonds is 4. The first kappa shape index (κ1) is 18.0. The molecule has 0 radical (unpaired) electrons. The Labute approximate surface area is 148 Å². The highest BCUT2D eigenvalue weighted by atomic mass is 19.1. The summed E-state index contributed by atoms with van der Waals surface area (Å²) in [6, 6.07) is 4.37. The highest BCUT2D eigenvalue weighted by Crippen LogP contribution is 2.26. The van der Waals surface area contributed by atoms with Crippen LogP contribution in [0.25, 0.3) is 10.9 Å². The Hall–Kier alpha value is -1.79. The lowest BCUT2D eigenvalue weighted by molar-refractivity contribution is 0.181. The van der Waals surface area contributed by atoms with Crippen molar-refractivity contribution < 1.29 is 4.39 Å². The lowest BCUT2D eigenvalue weighted by atomic mass is 10.1. The second-order valence-corrected chi connectivity index (χ2v) is 6.99. The molecule has 0 saturated carbocycles. The molecule has 0 spiro atoms. The van der Waals surface area contributed by atoms with Gasteiger partial charge in [-0.05, 0) is 44.6 Å². The lowest BCUT2D eigenvalue weighted by Crippen LogP contribution is -2.36. The number of hydrogen-bond acceptors (Lipinski definition) is 4. The Morgan fingerprint density at radius 2 is 2.00 bits per heavy atom. The number of halogens is 1. The van der Waals surface area contributed by atoms with Crippen molar-refractivity contribution in [1.29, 1.82) is 0 Å². The largest absolute Gasteiger partial charge is 0.305 e. The van der Waals surface area contributed by atoms with Crippen molar-refractivity contribution in [2.24, 2.45) is 7.05 Å². The average Bonchev–Trinajstić information content (AvgIpc) is 2.81. The standard InChI is InChI=1S/C19H27FN4O/c1-4-6-17(24-10-5-9-22(2)11-12-24)18-21-16-8-7-14(20)13-15(16)19(25)23(18)3/h7-8,13,17H,4-6,9-12H2,1-3H3. The number of nitrogens with zero attached hydrogens (tertiary/aromatic N) is 4. The Kier molecular flexibility index (Phi) is 5.49. The molecular formula is C19H27FN4O. The van der Waals surface area contributed by atoms with Gasteiger partial charge in [0.15, 0.2) is 0 Å². The molecule has 0 amide bonds. The molecule has 1 saturated heterocycles. The summed E-state index contributed by atoms with van der Waals surface area (Å²) in [6.07, 6.45) is 3.09. The van der Waals surface area contributed by atoms with E-state index in [0.717, 1.165) is 51.3 Å². The van der Waals surface area contributed by atoms with Crippen LogP contribution < -0.4 is 5.56 Å². The molecule has 1 aliphatic rings. The molecule has 6 heteroatoms. The zero-order chi connectivity index (χ0) is 18.0. The molecule has 1 aromatic carbocycles. The number of fused-ring (bicyclic) bond motifs is 1. The van der Waals surface area contributed by atoms with E-state index in [2.05, 4.69) is 23.8 Å². The van der Waals surface area contributed by atoms with Gasteiger partial charge in [0.1, 0.15) is 11.6 Å². The third-order valence-electron chi connectivity index (χ3n) is 5.13. The van der Waals surface area contributed by atoms with Crippen LogP contribution in [0.3, 0.4) is 0 Å². The third kappa shape index (κ3) is 3.75. The monoisotopic (exact) mass is 346 g/mol. The maximum Gasteiger partial charge on any atom is 0.261 e. The quantitative estimate of drug-likeness (QED) is 0.853. The zero-order valence-corrected chi connectivity index (χ0v) is 15.3. The van der Waals surface area contributed by atoms with Gasteiger partial charge in [0.2, 0.25) is 0 Å². The molecule has 1 unspecified atom stereocenters. The first-order chi connectivity index (χ1) is 12.0. The summed E-state index contributed by atoms with van der Waals surface area (Å²) < 4.78 is 15.1. The molecule has 0 bridgehead atoms. The summed E-state index contributed by atoms with van der Waals surface area (Å²) >= 11 is 0. The number of likely N-dealkylation sites (N-methyl/N-ethyl adjacent to an activating group) is 1. The van der Waals surface area contributed by atoms with E-state index in [0.29, 0.717) is 10.9 Å². The van der Waals surface area contributed by atoms with Crippen molar-refractivity contribution >= 4 is 10.9 Å². The summed E-state index contributed by atoms with van der Waals surface area (Å²) in [6.45, 7) is 6.25. The van der Waals surface area contributed by atoms with Gasteiger partial charge in [-0.25, -0.2) is 9.37 Å². The van der Waals surface area contributed by atoms with Crippen molar-refractivity contribution in [3.63, 3.8) is 0 Å². The lowest BCUT2D eigenvalue weighted by Gasteiger charge is -2.31. The minimum atomic E-state index is -0.403. The Bertz CT molecular complexity index is 804. The topological polar surface area (TPSA) is 41.4 Å². The molecule has 1 fully saturated rings. The third-order valence-corrected chi connectivity index (χ3v) is 5.13. The van der Waals surface area contributed by atoms with Crippen LogP contribution in [0.15, 0.2) is 23.0 Å². The minimum Gasteiger partial charge on any atom is -0.305 e. The van der Waals surface area contributed by atoms with Crippen molar-refractivity contribution in [2.45, 2.75) is 32.2 Å². The van der Waals surface area contributed by atoms with Gasteiger partial charge in [0.25, 0.3) is 5.56 Å². The molecule has 1 aromatic heterocycles. The first-order valence-corrected chi connectivity index (χ1v) is 9.10. The molecular weight excluding hydrogens is 319 g/mol. The van der Waals surface area contributed by atoms with E-state index in [1.807, 2.05) is 0 Å². The van der Waals surface area contributed by atoms with Crippen molar-refractivity contribution in [3.8, 4) is 0 Å². The Balaban J connectivity index is 2.05. The highest BCUT2D eigenvalue weighted by Gasteiger charge is 2.26. The minimum absolute atomic E-state index is 0.114. The predicted molar refractivity (Wildman–Crippen MR) is 98.3 cm³/mol. The van der Waals surface area contributed by atoms with Gasteiger partial charge in [-0.3, -0.25) is 14.3 Å². The van der Waals surface area contributed by atoms with E-state index in [9.17, 15) is 9.18 Å². The van der Waals surface area contributed by atoms with Gasteiger partial charge >= 0.3 is 0 Å². The van der Waals surface area contributed by atoms with Crippen LogP contribution in [-0.4, -0.2) is 52.6 Å². The number of aromatic nitrogens is 2. The van der Waals surface area contributed by atoms with Crippen molar-refractivity contribution in [2.75, 3.05) is 33.2 Å². The second kappa shape index (κ2) is 7.62. The fourth-order valence-corrected chi connectivity index (χ4v) is 3.68. The van der Waals surface area contributed by atoms with Crippen LogP contribution in [0.1, 0.15) is 38.1 Å². The summed E-state index contributed by atoms with van der Waals surface area (Å²) in [5.41, 5.74) is 0.403. The van der Waals surface area contributed by atoms with E-state index in [-0.39, 0.29) is 11.6 Å². The second-order valence-electron chi connectivity index (χ2n) is 6.99. The van der Waals surface area contributed by atoms with Crippen LogP contribution in [0.5, 0.6) is 0 Å². The van der Waals surface area contributed by atoms with E-state index in [4.69, 9.17) is 4.98 Å². The van der Waals surface area contributed by atoms with E-state index < -0.39 is 5.82 Å². The maximum absolute atomic E-state index is 13.5. The molecule has 1 aliphatic heterocycles. The van der Waals surface area contributed by atoms with Crippen LogP contribution >= 0.6 is 0 Å². The molecule has 5 nitrogen and oxygen atoms in total. The zero-order valence-electron chi connectivity index (χ0n) is 15.3. The summed E-state index contributed by atoms with van der Waals surface area (Å²) in [5.74, 6) is 0.385. The smallest absolute Gasteiger partial charge is 0.261 e. The SMILES string of the molecule is CCCC(c1nc2ccc(F)cc2c(=O)n1C)N1CCCN(C)CC1. The molecule has 0 N–H and O–H groups in total. The van der Waals surface area contributed by atoms with E-state index in [1.54, 1.807) is 17.7 Å². The number of hydrogen-bond donors (Lipinski definition) is 0. The first-order valence-electron chi connectivity index (χ1n) is 9.10. The van der Waals surface area contributed by atoms with Crippen molar-refractivity contribution in [1.82, 2.24) is 19.4 Å². The molecule has 0 aliphatic carbocycles. The molecule has 1 atom stereocenters. The normalized spacial score (nSPS) is 18.4. The molecule has 3 rings (SSSR count). The number of benzene rings is 1. The van der Waals surface area contributed by atoms with Gasteiger partial charge in [-0.2, -0.15) is 0 Å². The summed E-state index contributed by atoms with van der Waals surface area (Å²) in [5, 5.41) is 0.345. The summed E-state index contributed by atoms with van der Waals surface area (Å²) in [7, 11) is 3.90.